The molecule has 12 aromatic rings. The monoisotopic (exact) mass is 701 g/mol. The van der Waals surface area contributed by atoms with Gasteiger partial charge in [0, 0.05) is 38.2 Å². The summed E-state index contributed by atoms with van der Waals surface area (Å²) in [6, 6.07) is 67.3. The van der Waals surface area contributed by atoms with Crippen molar-refractivity contribution in [3.8, 4) is 39.3 Å². The van der Waals surface area contributed by atoms with Gasteiger partial charge in [0.05, 0.1) is 11.0 Å². The fourth-order valence-corrected chi connectivity index (χ4v) is 9.02. The highest BCUT2D eigenvalue weighted by atomic mass is 16.3. The predicted octanol–water partition coefficient (Wildman–Crippen LogP) is 14.7. The quantitative estimate of drug-likeness (QED) is 0.171. The van der Waals surface area contributed by atoms with Crippen LogP contribution in [-0.4, -0.2) is 4.57 Å². The molecule has 3 aromatic heterocycles. The maximum absolute atomic E-state index is 6.47. The Morgan fingerprint density at radius 3 is 1.53 bits per heavy atom. The summed E-state index contributed by atoms with van der Waals surface area (Å²) < 4.78 is 15.3. The van der Waals surface area contributed by atoms with Gasteiger partial charge < -0.3 is 13.4 Å². The number of fused-ring (bicyclic) bond motifs is 10. The van der Waals surface area contributed by atoms with Crippen molar-refractivity contribution in [1.82, 2.24) is 4.57 Å². The first-order valence-electron chi connectivity index (χ1n) is 18.8. The van der Waals surface area contributed by atoms with E-state index < -0.39 is 0 Å². The van der Waals surface area contributed by atoms with Crippen molar-refractivity contribution in [3.63, 3.8) is 0 Å². The van der Waals surface area contributed by atoms with E-state index in [1.54, 1.807) is 0 Å². The maximum atomic E-state index is 6.47. The second kappa shape index (κ2) is 11.6. The largest absolute Gasteiger partial charge is 0.456 e. The fraction of sp³-hybridized carbons (Fsp3) is 0. The number of furan rings is 2. The molecule has 3 heterocycles. The molecular weight excluding hydrogens is 671 g/mol. The van der Waals surface area contributed by atoms with Crippen LogP contribution in [-0.2, 0) is 0 Å². The Morgan fingerprint density at radius 2 is 0.818 bits per heavy atom. The van der Waals surface area contributed by atoms with E-state index in [-0.39, 0.29) is 0 Å². The predicted molar refractivity (Wildman–Crippen MR) is 229 cm³/mol. The minimum atomic E-state index is 0.850. The van der Waals surface area contributed by atoms with Gasteiger partial charge >= 0.3 is 0 Å². The number of aromatic nitrogens is 1. The Morgan fingerprint density at radius 1 is 0.309 bits per heavy atom. The molecule has 0 atom stereocenters. The molecule has 256 valence electrons. The third-order valence-corrected chi connectivity index (χ3v) is 11.4. The van der Waals surface area contributed by atoms with Gasteiger partial charge in [-0.05, 0) is 98.4 Å². The zero-order valence-electron chi connectivity index (χ0n) is 29.7. The molecule has 0 bridgehead atoms. The Bertz CT molecular complexity index is 3420. The van der Waals surface area contributed by atoms with Crippen molar-refractivity contribution in [2.24, 2.45) is 0 Å². The molecule has 9 aromatic carbocycles. The lowest BCUT2D eigenvalue weighted by atomic mass is 9.85. The summed E-state index contributed by atoms with van der Waals surface area (Å²) in [5.41, 5.74) is 12.0. The van der Waals surface area contributed by atoms with E-state index in [1.807, 2.05) is 30.3 Å². The number of hydrogen-bond acceptors (Lipinski definition) is 2. The van der Waals surface area contributed by atoms with Crippen molar-refractivity contribution in [3.05, 3.63) is 188 Å². The van der Waals surface area contributed by atoms with E-state index in [0.717, 1.165) is 55.5 Å². The Kier molecular flexibility index (Phi) is 6.34. The molecule has 0 saturated heterocycles. The van der Waals surface area contributed by atoms with E-state index in [9.17, 15) is 0 Å². The van der Waals surface area contributed by atoms with Gasteiger partial charge in [0.25, 0.3) is 0 Å². The molecular formula is C52H31NO2. The molecule has 0 spiro atoms. The summed E-state index contributed by atoms with van der Waals surface area (Å²) in [5.74, 6) is 0.850. The van der Waals surface area contributed by atoms with Crippen LogP contribution < -0.4 is 0 Å². The molecule has 12 rings (SSSR count). The van der Waals surface area contributed by atoms with Crippen LogP contribution >= 0.6 is 0 Å². The van der Waals surface area contributed by atoms with Crippen molar-refractivity contribution in [2.45, 2.75) is 0 Å². The molecule has 0 fully saturated rings. The van der Waals surface area contributed by atoms with Crippen molar-refractivity contribution < 1.29 is 8.83 Å². The zero-order chi connectivity index (χ0) is 36.0. The van der Waals surface area contributed by atoms with Gasteiger partial charge in [-0.15, -0.1) is 0 Å². The SMILES string of the molecule is c1ccc(-c2cc3c(ccc4oc5ccc(-c6c7ccccc7c(-c7ccc8c9ccccc9n(-c9ccccc9)c8c7)c7ccccc67)cc5c43)o2)cc1. The Hall–Kier alpha value is -7.36. The summed E-state index contributed by atoms with van der Waals surface area (Å²) in [5, 5.41) is 10.6. The minimum Gasteiger partial charge on any atom is -0.456 e. The van der Waals surface area contributed by atoms with Crippen LogP contribution in [0, 0.1) is 0 Å². The van der Waals surface area contributed by atoms with Crippen molar-refractivity contribution >= 4 is 76.3 Å². The van der Waals surface area contributed by atoms with Gasteiger partial charge in [-0.25, -0.2) is 0 Å². The molecule has 0 aliphatic carbocycles. The summed E-state index contributed by atoms with van der Waals surface area (Å²) in [7, 11) is 0. The number of rotatable bonds is 4. The van der Waals surface area contributed by atoms with Crippen molar-refractivity contribution in [2.75, 3.05) is 0 Å². The maximum Gasteiger partial charge on any atom is 0.136 e. The van der Waals surface area contributed by atoms with Gasteiger partial charge in [0.15, 0.2) is 0 Å². The fourth-order valence-electron chi connectivity index (χ4n) is 9.02. The molecule has 3 nitrogen and oxygen atoms in total. The molecule has 0 saturated carbocycles. The van der Waals surface area contributed by atoms with E-state index in [0.29, 0.717) is 0 Å². The van der Waals surface area contributed by atoms with Gasteiger partial charge in [-0.3, -0.25) is 0 Å². The Balaban J connectivity index is 1.11. The number of hydrogen-bond donors (Lipinski definition) is 0. The van der Waals surface area contributed by atoms with E-state index in [1.165, 1.54) is 60.0 Å². The highest BCUT2D eigenvalue weighted by molar-refractivity contribution is 6.24. The minimum absolute atomic E-state index is 0.850. The number of nitrogens with zero attached hydrogens (tertiary/aromatic N) is 1. The third-order valence-electron chi connectivity index (χ3n) is 11.4. The van der Waals surface area contributed by atoms with E-state index in [2.05, 4.69) is 162 Å². The van der Waals surface area contributed by atoms with E-state index >= 15 is 0 Å². The van der Waals surface area contributed by atoms with Gasteiger partial charge in [0.2, 0.25) is 0 Å². The van der Waals surface area contributed by atoms with Crippen LogP contribution in [0.2, 0.25) is 0 Å². The van der Waals surface area contributed by atoms with Gasteiger partial charge in [-0.2, -0.15) is 0 Å². The summed E-state index contributed by atoms with van der Waals surface area (Å²) in [6.45, 7) is 0. The normalized spacial score (nSPS) is 12.0. The standard InChI is InChI=1S/C52H31NO2/c1-3-13-32(14-4-1)49-31-43-47(55-49)27-28-48-52(43)42-29-33(24-26-46(42)54-48)50-38-18-7-9-20-40(38)51(41-21-10-8-19-39(41)50)34-23-25-37-36-17-11-12-22-44(36)53(45(37)30-34)35-15-5-2-6-16-35/h1-31H. The zero-order valence-corrected chi connectivity index (χ0v) is 29.7. The first-order chi connectivity index (χ1) is 27.3. The smallest absolute Gasteiger partial charge is 0.136 e. The molecule has 0 aliphatic rings. The van der Waals surface area contributed by atoms with E-state index in [4.69, 9.17) is 8.83 Å². The van der Waals surface area contributed by atoms with Crippen LogP contribution in [0.3, 0.4) is 0 Å². The van der Waals surface area contributed by atoms with Crippen molar-refractivity contribution in [1.29, 1.82) is 0 Å². The van der Waals surface area contributed by atoms with Crippen LogP contribution in [0.4, 0.5) is 0 Å². The average Bonchev–Trinajstić information content (AvgIpc) is 3.95. The van der Waals surface area contributed by atoms with Gasteiger partial charge in [-0.1, -0.05) is 133 Å². The van der Waals surface area contributed by atoms with Crippen LogP contribution in [0.1, 0.15) is 0 Å². The molecule has 3 heteroatoms. The first kappa shape index (κ1) is 30.1. The summed E-state index contributed by atoms with van der Waals surface area (Å²) >= 11 is 0. The summed E-state index contributed by atoms with van der Waals surface area (Å²) in [4.78, 5) is 0. The molecule has 0 unspecified atom stereocenters. The third kappa shape index (κ3) is 4.44. The lowest BCUT2D eigenvalue weighted by Gasteiger charge is -2.18. The molecule has 0 amide bonds. The molecule has 0 radical (unpaired) electrons. The summed E-state index contributed by atoms with van der Waals surface area (Å²) in [6.07, 6.45) is 0. The van der Waals surface area contributed by atoms with Crippen LogP contribution in [0.5, 0.6) is 0 Å². The van der Waals surface area contributed by atoms with Crippen LogP contribution in [0.25, 0.3) is 116 Å². The molecule has 0 N–H and O–H groups in total. The Labute approximate surface area is 315 Å². The number of benzene rings is 9. The highest BCUT2D eigenvalue weighted by Gasteiger charge is 2.21. The lowest BCUT2D eigenvalue weighted by Crippen LogP contribution is -1.94. The topological polar surface area (TPSA) is 31.2 Å². The average molecular weight is 702 g/mol. The highest BCUT2D eigenvalue weighted by Crippen LogP contribution is 2.47. The number of para-hydroxylation sites is 2. The van der Waals surface area contributed by atoms with Crippen LogP contribution in [0.15, 0.2) is 197 Å². The first-order valence-corrected chi connectivity index (χ1v) is 18.8. The van der Waals surface area contributed by atoms with Gasteiger partial charge in [0.1, 0.15) is 22.5 Å². The second-order valence-electron chi connectivity index (χ2n) is 14.4. The molecule has 0 aliphatic heterocycles. The lowest BCUT2D eigenvalue weighted by molar-refractivity contribution is 0.631. The second-order valence-corrected chi connectivity index (χ2v) is 14.4. The molecule has 55 heavy (non-hydrogen) atoms.